The molecular formula is C7H12N4O. The van der Waals surface area contributed by atoms with Crippen LogP contribution in [0.25, 0.3) is 0 Å². The van der Waals surface area contributed by atoms with Gasteiger partial charge in [-0.2, -0.15) is 10.5 Å². The van der Waals surface area contributed by atoms with E-state index < -0.39 is 6.10 Å². The van der Waals surface area contributed by atoms with Crippen LogP contribution in [-0.4, -0.2) is 42.3 Å². The zero-order valence-corrected chi connectivity index (χ0v) is 6.77. The van der Waals surface area contributed by atoms with Crippen LogP contribution in [0.15, 0.2) is 0 Å². The summed E-state index contributed by atoms with van der Waals surface area (Å²) in [7, 11) is 0. The smallest absolute Gasteiger partial charge is 0.0875 e. The maximum Gasteiger partial charge on any atom is 0.0875 e. The second kappa shape index (κ2) is 6.56. The van der Waals surface area contributed by atoms with Crippen LogP contribution in [0, 0.1) is 22.7 Å². The Bertz CT molecular complexity index is 177. The highest BCUT2D eigenvalue weighted by molar-refractivity contribution is 4.84. The second-order valence-electron chi connectivity index (χ2n) is 2.38. The minimum absolute atomic E-state index is 0.143. The first-order valence-electron chi connectivity index (χ1n) is 3.59. The molecule has 0 aromatic carbocycles. The van der Waals surface area contributed by atoms with E-state index >= 15 is 0 Å². The van der Waals surface area contributed by atoms with Crippen LogP contribution in [0.1, 0.15) is 0 Å². The van der Waals surface area contributed by atoms with Crippen molar-refractivity contribution in [2.24, 2.45) is 5.73 Å². The summed E-state index contributed by atoms with van der Waals surface area (Å²) < 4.78 is 0. The van der Waals surface area contributed by atoms with Crippen molar-refractivity contribution in [1.82, 2.24) is 4.90 Å². The van der Waals surface area contributed by atoms with E-state index in [2.05, 4.69) is 0 Å². The van der Waals surface area contributed by atoms with Gasteiger partial charge in [0.2, 0.25) is 0 Å². The van der Waals surface area contributed by atoms with Gasteiger partial charge in [-0.25, -0.2) is 0 Å². The SMILES string of the molecule is N#CCN(CC#N)CC(O)CN. The maximum absolute atomic E-state index is 9.10. The standard InChI is InChI=1S/C7H12N4O/c8-1-3-11(4-2-9)6-7(12)5-10/h7,12H,3-6,10H2. The third-order valence-corrected chi connectivity index (χ3v) is 1.33. The highest BCUT2D eigenvalue weighted by Gasteiger charge is 2.08. The topological polar surface area (TPSA) is 97.1 Å². The first-order chi connectivity index (χ1) is 5.74. The molecule has 0 aliphatic carbocycles. The first-order valence-corrected chi connectivity index (χ1v) is 3.59. The van der Waals surface area contributed by atoms with Gasteiger partial charge in [0.1, 0.15) is 0 Å². The van der Waals surface area contributed by atoms with Crippen molar-refractivity contribution in [1.29, 1.82) is 10.5 Å². The Morgan fingerprint density at radius 2 is 1.83 bits per heavy atom. The average molecular weight is 168 g/mol. The molecular weight excluding hydrogens is 156 g/mol. The fourth-order valence-electron chi connectivity index (χ4n) is 0.758. The summed E-state index contributed by atoms with van der Waals surface area (Å²) in [5.41, 5.74) is 5.17. The van der Waals surface area contributed by atoms with Crippen molar-refractivity contribution >= 4 is 0 Å². The Morgan fingerprint density at radius 3 is 2.17 bits per heavy atom. The molecule has 1 unspecified atom stereocenters. The molecule has 66 valence electrons. The summed E-state index contributed by atoms with van der Waals surface area (Å²) in [6.45, 7) is 0.709. The van der Waals surface area contributed by atoms with Crippen LogP contribution in [0.3, 0.4) is 0 Å². The summed E-state index contributed by atoms with van der Waals surface area (Å²) in [6.07, 6.45) is -0.660. The zero-order chi connectivity index (χ0) is 9.40. The molecule has 0 spiro atoms. The van der Waals surface area contributed by atoms with Gasteiger partial charge in [0, 0.05) is 13.1 Å². The van der Waals surface area contributed by atoms with E-state index in [1.54, 1.807) is 0 Å². The van der Waals surface area contributed by atoms with Gasteiger partial charge >= 0.3 is 0 Å². The molecule has 0 saturated carbocycles. The fourth-order valence-corrected chi connectivity index (χ4v) is 0.758. The van der Waals surface area contributed by atoms with E-state index in [4.69, 9.17) is 21.4 Å². The van der Waals surface area contributed by atoms with E-state index in [0.29, 0.717) is 0 Å². The van der Waals surface area contributed by atoms with Crippen molar-refractivity contribution < 1.29 is 5.11 Å². The molecule has 0 aliphatic rings. The monoisotopic (exact) mass is 168 g/mol. The third-order valence-electron chi connectivity index (χ3n) is 1.33. The van der Waals surface area contributed by atoms with Crippen molar-refractivity contribution in [3.8, 4) is 12.1 Å². The zero-order valence-electron chi connectivity index (χ0n) is 6.77. The molecule has 0 aromatic heterocycles. The molecule has 5 nitrogen and oxygen atoms in total. The number of hydrogen-bond acceptors (Lipinski definition) is 5. The minimum atomic E-state index is -0.660. The Hall–Kier alpha value is -1.14. The number of nitriles is 2. The number of rotatable bonds is 5. The molecule has 5 heteroatoms. The minimum Gasteiger partial charge on any atom is -0.390 e. The summed E-state index contributed by atoms with van der Waals surface area (Å²) in [4.78, 5) is 1.54. The lowest BCUT2D eigenvalue weighted by Gasteiger charge is -2.17. The molecule has 0 aromatic rings. The lowest BCUT2D eigenvalue weighted by Crippen LogP contribution is -2.36. The number of aliphatic hydroxyl groups excluding tert-OH is 1. The van der Waals surface area contributed by atoms with E-state index in [0.717, 1.165) is 0 Å². The molecule has 0 amide bonds. The van der Waals surface area contributed by atoms with E-state index in [9.17, 15) is 0 Å². The van der Waals surface area contributed by atoms with Gasteiger partial charge < -0.3 is 10.8 Å². The molecule has 1 atom stereocenters. The van der Waals surface area contributed by atoms with Crippen LogP contribution in [0.4, 0.5) is 0 Å². The Morgan fingerprint density at radius 1 is 1.33 bits per heavy atom. The molecule has 0 rings (SSSR count). The van der Waals surface area contributed by atoms with Crippen molar-refractivity contribution in [3.05, 3.63) is 0 Å². The lowest BCUT2D eigenvalue weighted by atomic mass is 10.3. The van der Waals surface area contributed by atoms with E-state index in [-0.39, 0.29) is 26.2 Å². The summed E-state index contributed by atoms with van der Waals surface area (Å²) >= 11 is 0. The molecule has 0 radical (unpaired) electrons. The Balaban J connectivity index is 3.80. The molecule has 0 bridgehead atoms. The highest BCUT2D eigenvalue weighted by Crippen LogP contribution is 1.89. The number of hydrogen-bond donors (Lipinski definition) is 2. The van der Waals surface area contributed by atoms with Crippen LogP contribution in [0.5, 0.6) is 0 Å². The van der Waals surface area contributed by atoms with Gasteiger partial charge in [-0.1, -0.05) is 0 Å². The van der Waals surface area contributed by atoms with Crippen molar-refractivity contribution in [2.45, 2.75) is 6.10 Å². The lowest BCUT2D eigenvalue weighted by molar-refractivity contribution is 0.132. The predicted octanol–water partition coefficient (Wildman–Crippen LogP) is -1.34. The van der Waals surface area contributed by atoms with Crippen LogP contribution in [0.2, 0.25) is 0 Å². The molecule has 3 N–H and O–H groups in total. The Kier molecular flexibility index (Phi) is 5.94. The summed E-state index contributed by atoms with van der Waals surface area (Å²) in [6, 6.07) is 3.81. The van der Waals surface area contributed by atoms with Crippen LogP contribution < -0.4 is 5.73 Å². The summed E-state index contributed by atoms with van der Waals surface area (Å²) in [5.74, 6) is 0. The average Bonchev–Trinajstić information content (AvgIpc) is 2.05. The van der Waals surface area contributed by atoms with Crippen molar-refractivity contribution in [2.75, 3.05) is 26.2 Å². The Labute approximate surface area is 71.6 Å². The number of aliphatic hydroxyl groups is 1. The molecule has 0 saturated heterocycles. The van der Waals surface area contributed by atoms with Gasteiger partial charge in [-0.05, 0) is 0 Å². The largest absolute Gasteiger partial charge is 0.390 e. The highest BCUT2D eigenvalue weighted by atomic mass is 16.3. The van der Waals surface area contributed by atoms with Gasteiger partial charge in [0.05, 0.1) is 31.3 Å². The number of nitrogens with two attached hydrogens (primary N) is 1. The molecule has 0 aliphatic heterocycles. The molecule has 0 fully saturated rings. The van der Waals surface area contributed by atoms with Gasteiger partial charge in [0.15, 0.2) is 0 Å². The van der Waals surface area contributed by atoms with E-state index in [1.165, 1.54) is 4.90 Å². The van der Waals surface area contributed by atoms with Crippen molar-refractivity contribution in [3.63, 3.8) is 0 Å². The van der Waals surface area contributed by atoms with E-state index in [1.807, 2.05) is 12.1 Å². The van der Waals surface area contributed by atoms with Gasteiger partial charge in [-0.3, -0.25) is 4.90 Å². The summed E-state index contributed by atoms with van der Waals surface area (Å²) in [5, 5.41) is 25.8. The third kappa shape index (κ3) is 4.64. The fraction of sp³-hybridized carbons (Fsp3) is 0.714. The first kappa shape index (κ1) is 10.9. The maximum atomic E-state index is 9.10. The van der Waals surface area contributed by atoms with Gasteiger partial charge in [-0.15, -0.1) is 0 Å². The number of nitrogens with zero attached hydrogens (tertiary/aromatic N) is 3. The van der Waals surface area contributed by atoms with Crippen LogP contribution in [-0.2, 0) is 0 Å². The normalized spacial score (nSPS) is 12.1. The molecule has 12 heavy (non-hydrogen) atoms. The molecule has 0 heterocycles. The van der Waals surface area contributed by atoms with Crippen LogP contribution >= 0.6 is 0 Å². The second-order valence-corrected chi connectivity index (χ2v) is 2.38. The predicted molar refractivity (Wildman–Crippen MR) is 42.7 cm³/mol. The quantitative estimate of drug-likeness (QED) is 0.495. The van der Waals surface area contributed by atoms with Gasteiger partial charge in [0.25, 0.3) is 0 Å².